The summed E-state index contributed by atoms with van der Waals surface area (Å²) in [4.78, 5) is 3.95. The minimum atomic E-state index is 0.350. The number of nitrogens with zero attached hydrogens (tertiary/aromatic N) is 2. The second-order valence-electron chi connectivity index (χ2n) is 3.66. The van der Waals surface area contributed by atoms with Crippen molar-refractivity contribution < 1.29 is 9.47 Å². The Morgan fingerprint density at radius 3 is 3.00 bits per heavy atom. The summed E-state index contributed by atoms with van der Waals surface area (Å²) >= 11 is 0. The van der Waals surface area contributed by atoms with Crippen molar-refractivity contribution in [2.75, 3.05) is 25.6 Å². The number of nitrogens with two attached hydrogens (primary N) is 1. The molecule has 1 fully saturated rings. The van der Waals surface area contributed by atoms with Gasteiger partial charge in [0.15, 0.2) is 5.95 Å². The number of rotatable bonds is 4. The van der Waals surface area contributed by atoms with Gasteiger partial charge in [-0.2, -0.15) is 0 Å². The van der Waals surface area contributed by atoms with Crippen LogP contribution in [0.25, 0.3) is 0 Å². The SMILES string of the molecule is Nc1nccn1CCOC1CCOCC1. The topological polar surface area (TPSA) is 62.3 Å². The van der Waals surface area contributed by atoms with Crippen LogP contribution in [0.5, 0.6) is 0 Å². The smallest absolute Gasteiger partial charge is 0.200 e. The molecule has 1 aromatic rings. The molecular weight excluding hydrogens is 194 g/mol. The summed E-state index contributed by atoms with van der Waals surface area (Å²) in [6.07, 6.45) is 5.91. The monoisotopic (exact) mass is 211 g/mol. The second-order valence-corrected chi connectivity index (χ2v) is 3.66. The zero-order chi connectivity index (χ0) is 10.5. The Morgan fingerprint density at radius 2 is 2.33 bits per heavy atom. The number of ether oxygens (including phenoxy) is 2. The van der Waals surface area contributed by atoms with Crippen molar-refractivity contribution in [3.63, 3.8) is 0 Å². The third-order valence-corrected chi connectivity index (χ3v) is 2.60. The van der Waals surface area contributed by atoms with Crippen LogP contribution in [0.4, 0.5) is 5.95 Å². The molecule has 5 heteroatoms. The Morgan fingerprint density at radius 1 is 1.53 bits per heavy atom. The highest BCUT2D eigenvalue weighted by atomic mass is 16.5. The maximum atomic E-state index is 5.73. The van der Waals surface area contributed by atoms with Crippen molar-refractivity contribution in [3.05, 3.63) is 12.4 Å². The molecule has 1 saturated heterocycles. The van der Waals surface area contributed by atoms with Gasteiger partial charge in [-0.15, -0.1) is 0 Å². The predicted molar refractivity (Wildman–Crippen MR) is 56.4 cm³/mol. The van der Waals surface area contributed by atoms with Gasteiger partial charge in [0.1, 0.15) is 0 Å². The van der Waals surface area contributed by atoms with Gasteiger partial charge in [0, 0.05) is 32.2 Å². The van der Waals surface area contributed by atoms with Crippen molar-refractivity contribution in [2.45, 2.75) is 25.5 Å². The molecule has 15 heavy (non-hydrogen) atoms. The number of imidazole rings is 1. The molecule has 1 aromatic heterocycles. The predicted octanol–water partition coefficient (Wildman–Crippen LogP) is 0.661. The molecule has 5 nitrogen and oxygen atoms in total. The van der Waals surface area contributed by atoms with Gasteiger partial charge in [0.25, 0.3) is 0 Å². The average Bonchev–Trinajstić information content (AvgIpc) is 2.66. The molecule has 1 aliphatic rings. The Hall–Kier alpha value is -1.07. The molecule has 0 atom stereocenters. The largest absolute Gasteiger partial charge is 0.381 e. The Bertz CT molecular complexity index is 295. The van der Waals surface area contributed by atoms with E-state index in [9.17, 15) is 0 Å². The lowest BCUT2D eigenvalue weighted by molar-refractivity contribution is -0.0337. The molecule has 0 amide bonds. The summed E-state index contributed by atoms with van der Waals surface area (Å²) < 4.78 is 12.9. The third kappa shape index (κ3) is 2.94. The molecule has 0 spiro atoms. The Labute approximate surface area is 89.2 Å². The number of hydrogen-bond acceptors (Lipinski definition) is 4. The molecule has 0 bridgehead atoms. The van der Waals surface area contributed by atoms with Crippen molar-refractivity contribution in [1.29, 1.82) is 0 Å². The van der Waals surface area contributed by atoms with Crippen LogP contribution in [0.3, 0.4) is 0 Å². The molecular formula is C10H17N3O2. The molecule has 0 unspecified atom stereocenters. The first-order chi connectivity index (χ1) is 7.36. The van der Waals surface area contributed by atoms with Gasteiger partial charge < -0.3 is 19.8 Å². The zero-order valence-corrected chi connectivity index (χ0v) is 8.76. The van der Waals surface area contributed by atoms with E-state index in [0.717, 1.165) is 32.6 Å². The van der Waals surface area contributed by atoms with E-state index in [4.69, 9.17) is 15.2 Å². The average molecular weight is 211 g/mol. The standard InChI is InChI=1S/C10H17N3O2/c11-10-12-3-4-13(10)5-8-15-9-1-6-14-7-2-9/h3-4,9H,1-2,5-8H2,(H2,11,12). The quantitative estimate of drug-likeness (QED) is 0.794. The summed E-state index contributed by atoms with van der Waals surface area (Å²) in [5.41, 5.74) is 5.64. The van der Waals surface area contributed by atoms with E-state index in [2.05, 4.69) is 4.98 Å². The molecule has 0 aromatic carbocycles. The molecule has 0 saturated carbocycles. The van der Waals surface area contributed by atoms with Crippen LogP contribution in [-0.2, 0) is 16.0 Å². The normalized spacial score (nSPS) is 18.1. The van der Waals surface area contributed by atoms with Crippen LogP contribution in [0, 0.1) is 0 Å². The van der Waals surface area contributed by atoms with E-state index in [1.54, 1.807) is 6.20 Å². The molecule has 0 aliphatic carbocycles. The molecule has 84 valence electrons. The van der Waals surface area contributed by atoms with Crippen LogP contribution in [0.2, 0.25) is 0 Å². The van der Waals surface area contributed by atoms with E-state index >= 15 is 0 Å². The highest BCUT2D eigenvalue weighted by molar-refractivity contribution is 5.16. The van der Waals surface area contributed by atoms with Gasteiger partial charge in [0.2, 0.25) is 0 Å². The minimum absolute atomic E-state index is 0.350. The lowest BCUT2D eigenvalue weighted by Gasteiger charge is -2.22. The first-order valence-corrected chi connectivity index (χ1v) is 5.32. The van der Waals surface area contributed by atoms with Crippen molar-refractivity contribution >= 4 is 5.95 Å². The van der Waals surface area contributed by atoms with Crippen molar-refractivity contribution in [2.24, 2.45) is 0 Å². The van der Waals surface area contributed by atoms with Gasteiger partial charge in [-0.1, -0.05) is 0 Å². The Balaban J connectivity index is 1.68. The van der Waals surface area contributed by atoms with Crippen LogP contribution in [0.1, 0.15) is 12.8 Å². The lowest BCUT2D eigenvalue weighted by Crippen LogP contribution is -2.24. The van der Waals surface area contributed by atoms with E-state index in [0.29, 0.717) is 18.7 Å². The number of aromatic nitrogens is 2. The fourth-order valence-corrected chi connectivity index (χ4v) is 1.69. The van der Waals surface area contributed by atoms with E-state index in [1.165, 1.54) is 0 Å². The molecule has 1 aliphatic heterocycles. The molecule has 2 rings (SSSR count). The maximum absolute atomic E-state index is 5.73. The Kier molecular flexibility index (Phi) is 3.58. The van der Waals surface area contributed by atoms with Crippen molar-refractivity contribution in [3.8, 4) is 0 Å². The first-order valence-electron chi connectivity index (χ1n) is 5.32. The van der Waals surface area contributed by atoms with Crippen LogP contribution >= 0.6 is 0 Å². The van der Waals surface area contributed by atoms with Crippen LogP contribution < -0.4 is 5.73 Å². The van der Waals surface area contributed by atoms with Crippen LogP contribution in [0.15, 0.2) is 12.4 Å². The lowest BCUT2D eigenvalue weighted by atomic mass is 10.2. The summed E-state index contributed by atoms with van der Waals surface area (Å²) in [6, 6.07) is 0. The van der Waals surface area contributed by atoms with Gasteiger partial charge in [0.05, 0.1) is 12.7 Å². The second kappa shape index (κ2) is 5.14. The number of nitrogen functional groups attached to an aromatic ring is 1. The first kappa shape index (κ1) is 10.4. The molecule has 0 radical (unpaired) electrons. The zero-order valence-electron chi connectivity index (χ0n) is 8.76. The molecule has 2 heterocycles. The maximum Gasteiger partial charge on any atom is 0.200 e. The van der Waals surface area contributed by atoms with Crippen LogP contribution in [-0.4, -0.2) is 35.5 Å². The fourth-order valence-electron chi connectivity index (χ4n) is 1.69. The summed E-state index contributed by atoms with van der Waals surface area (Å²) in [7, 11) is 0. The van der Waals surface area contributed by atoms with Gasteiger partial charge >= 0.3 is 0 Å². The summed E-state index contributed by atoms with van der Waals surface area (Å²) in [5, 5.41) is 0. The highest BCUT2D eigenvalue weighted by Gasteiger charge is 2.13. The van der Waals surface area contributed by atoms with Gasteiger partial charge in [-0.3, -0.25) is 0 Å². The highest BCUT2D eigenvalue weighted by Crippen LogP contribution is 2.10. The third-order valence-electron chi connectivity index (χ3n) is 2.60. The summed E-state index contributed by atoms with van der Waals surface area (Å²) in [5.74, 6) is 0.547. The van der Waals surface area contributed by atoms with Gasteiger partial charge in [-0.05, 0) is 12.8 Å². The summed E-state index contributed by atoms with van der Waals surface area (Å²) in [6.45, 7) is 3.09. The van der Waals surface area contributed by atoms with E-state index in [-0.39, 0.29) is 0 Å². The minimum Gasteiger partial charge on any atom is -0.381 e. The van der Waals surface area contributed by atoms with Gasteiger partial charge in [-0.25, -0.2) is 4.98 Å². The number of anilines is 1. The van der Waals surface area contributed by atoms with E-state index in [1.807, 2.05) is 10.8 Å². The van der Waals surface area contributed by atoms with Crippen molar-refractivity contribution in [1.82, 2.24) is 9.55 Å². The number of hydrogen-bond donors (Lipinski definition) is 1. The van der Waals surface area contributed by atoms with E-state index < -0.39 is 0 Å². The molecule has 2 N–H and O–H groups in total. The fraction of sp³-hybridized carbons (Fsp3) is 0.700.